The molecular weight excluding hydrogens is 344 g/mol. The van der Waals surface area contributed by atoms with E-state index in [9.17, 15) is 4.79 Å². The molecule has 0 aliphatic heterocycles. The van der Waals surface area contributed by atoms with Crippen LogP contribution in [0, 0.1) is 0 Å². The number of thioether (sulfide) groups is 1. The maximum absolute atomic E-state index is 11.8. The Morgan fingerprint density at radius 2 is 1.77 bits per heavy atom. The van der Waals surface area contributed by atoms with Crippen LogP contribution in [0.25, 0.3) is 0 Å². The van der Waals surface area contributed by atoms with Gasteiger partial charge in [-0.25, -0.2) is 5.43 Å². The molecular formula is C21H26N2O2S. The third kappa shape index (κ3) is 6.56. The SMILES string of the molecule is COc1ccc(CSCC(=O)N/N=C\c2ccc(C(C)(C)C)cc2)cc1. The number of nitrogens with zero attached hydrogens (tertiary/aromatic N) is 1. The second-order valence-electron chi connectivity index (χ2n) is 7.01. The molecule has 0 bridgehead atoms. The first-order valence-corrected chi connectivity index (χ1v) is 9.67. The molecule has 138 valence electrons. The summed E-state index contributed by atoms with van der Waals surface area (Å²) >= 11 is 1.55. The van der Waals surface area contributed by atoms with Crippen molar-refractivity contribution in [3.63, 3.8) is 0 Å². The number of benzene rings is 2. The van der Waals surface area contributed by atoms with Gasteiger partial charge in [-0.1, -0.05) is 57.2 Å². The number of ether oxygens (including phenoxy) is 1. The zero-order valence-corrected chi connectivity index (χ0v) is 16.6. The largest absolute Gasteiger partial charge is 0.497 e. The Balaban J connectivity index is 1.73. The molecule has 2 aromatic rings. The summed E-state index contributed by atoms with van der Waals surface area (Å²) in [5, 5.41) is 4.03. The van der Waals surface area contributed by atoms with Gasteiger partial charge in [0.05, 0.1) is 19.1 Å². The molecule has 0 saturated heterocycles. The van der Waals surface area contributed by atoms with E-state index < -0.39 is 0 Å². The highest BCUT2D eigenvalue weighted by Crippen LogP contribution is 2.21. The first-order chi connectivity index (χ1) is 12.4. The van der Waals surface area contributed by atoms with Gasteiger partial charge in [-0.05, 0) is 34.2 Å². The van der Waals surface area contributed by atoms with Gasteiger partial charge in [-0.2, -0.15) is 5.10 Å². The Morgan fingerprint density at radius 1 is 1.12 bits per heavy atom. The van der Waals surface area contributed by atoms with E-state index in [2.05, 4.69) is 43.4 Å². The number of hydrogen-bond acceptors (Lipinski definition) is 4. The van der Waals surface area contributed by atoms with Crippen molar-refractivity contribution in [3.05, 3.63) is 65.2 Å². The minimum absolute atomic E-state index is 0.105. The van der Waals surface area contributed by atoms with Crippen LogP contribution in [-0.2, 0) is 16.0 Å². The van der Waals surface area contributed by atoms with Gasteiger partial charge in [0, 0.05) is 5.75 Å². The molecule has 0 unspecified atom stereocenters. The van der Waals surface area contributed by atoms with Gasteiger partial charge >= 0.3 is 0 Å². The topological polar surface area (TPSA) is 50.7 Å². The quantitative estimate of drug-likeness (QED) is 0.581. The van der Waals surface area contributed by atoms with Gasteiger partial charge in [0.2, 0.25) is 5.91 Å². The van der Waals surface area contributed by atoms with Gasteiger partial charge in [-0.15, -0.1) is 11.8 Å². The Hall–Kier alpha value is -2.27. The van der Waals surface area contributed by atoms with Gasteiger partial charge < -0.3 is 4.74 Å². The van der Waals surface area contributed by atoms with Crippen LogP contribution in [0.4, 0.5) is 0 Å². The molecule has 0 heterocycles. The van der Waals surface area contributed by atoms with E-state index in [1.807, 2.05) is 36.4 Å². The van der Waals surface area contributed by atoms with E-state index in [-0.39, 0.29) is 11.3 Å². The van der Waals surface area contributed by atoms with E-state index in [0.29, 0.717) is 5.75 Å². The maximum Gasteiger partial charge on any atom is 0.250 e. The number of carbonyl (C=O) groups excluding carboxylic acids is 1. The summed E-state index contributed by atoms with van der Waals surface area (Å²) in [7, 11) is 1.65. The molecule has 1 amide bonds. The molecule has 2 rings (SSSR count). The highest BCUT2D eigenvalue weighted by molar-refractivity contribution is 7.99. The number of methoxy groups -OCH3 is 1. The van der Waals surface area contributed by atoms with Crippen LogP contribution >= 0.6 is 11.8 Å². The summed E-state index contributed by atoms with van der Waals surface area (Å²) in [6, 6.07) is 16.0. The standard InChI is InChI=1S/C21H26N2O2S/c1-21(2,3)18-9-5-16(6-10-18)13-22-23-20(24)15-26-14-17-7-11-19(25-4)12-8-17/h5-13H,14-15H2,1-4H3,(H,23,24)/b22-13-. The van der Waals surface area contributed by atoms with E-state index >= 15 is 0 Å². The van der Waals surface area contributed by atoms with Crippen molar-refractivity contribution in [1.29, 1.82) is 0 Å². The smallest absolute Gasteiger partial charge is 0.250 e. The van der Waals surface area contributed by atoms with Gasteiger partial charge in [-0.3, -0.25) is 4.79 Å². The lowest BCUT2D eigenvalue weighted by molar-refractivity contribution is -0.118. The van der Waals surface area contributed by atoms with Crippen molar-refractivity contribution in [2.45, 2.75) is 31.9 Å². The Bertz CT molecular complexity index is 732. The normalized spacial score (nSPS) is 11.5. The molecule has 26 heavy (non-hydrogen) atoms. The van der Waals surface area contributed by atoms with Crippen molar-refractivity contribution in [2.24, 2.45) is 5.10 Å². The highest BCUT2D eigenvalue weighted by Gasteiger charge is 2.12. The predicted octanol–water partition coefficient (Wildman–Crippen LogP) is 4.38. The number of nitrogens with one attached hydrogen (secondary N) is 1. The van der Waals surface area contributed by atoms with Crippen molar-refractivity contribution >= 4 is 23.9 Å². The number of amides is 1. The van der Waals surface area contributed by atoms with Gasteiger partial charge in [0.1, 0.15) is 5.75 Å². The van der Waals surface area contributed by atoms with Crippen LogP contribution in [0.15, 0.2) is 53.6 Å². The molecule has 0 fully saturated rings. The molecule has 0 aromatic heterocycles. The average molecular weight is 371 g/mol. The molecule has 0 radical (unpaired) electrons. The van der Waals surface area contributed by atoms with Crippen LogP contribution in [0.3, 0.4) is 0 Å². The maximum atomic E-state index is 11.8. The highest BCUT2D eigenvalue weighted by atomic mass is 32.2. The molecule has 2 aromatic carbocycles. The average Bonchev–Trinajstić information content (AvgIpc) is 2.62. The second kappa shape index (κ2) is 9.43. The number of carbonyl (C=O) groups is 1. The van der Waals surface area contributed by atoms with Crippen LogP contribution in [0.5, 0.6) is 5.75 Å². The zero-order chi connectivity index (χ0) is 19.0. The lowest BCUT2D eigenvalue weighted by Gasteiger charge is -2.18. The summed E-state index contributed by atoms with van der Waals surface area (Å²) in [6.45, 7) is 6.54. The zero-order valence-electron chi connectivity index (χ0n) is 15.8. The minimum Gasteiger partial charge on any atom is -0.497 e. The first-order valence-electron chi connectivity index (χ1n) is 8.51. The second-order valence-corrected chi connectivity index (χ2v) is 7.99. The van der Waals surface area contributed by atoms with Crippen LogP contribution < -0.4 is 10.2 Å². The fourth-order valence-electron chi connectivity index (χ4n) is 2.26. The van der Waals surface area contributed by atoms with E-state index in [4.69, 9.17) is 4.74 Å². The van der Waals surface area contributed by atoms with Crippen LogP contribution in [-0.4, -0.2) is 25.0 Å². The molecule has 0 saturated carbocycles. The Labute approximate surface area is 160 Å². The number of hydrazone groups is 1. The summed E-state index contributed by atoms with van der Waals surface area (Å²) in [5.41, 5.74) is 6.09. The fraction of sp³-hybridized carbons (Fsp3) is 0.333. The number of rotatable bonds is 7. The molecule has 4 nitrogen and oxygen atoms in total. The van der Waals surface area contributed by atoms with Crippen molar-refractivity contribution in [3.8, 4) is 5.75 Å². The predicted molar refractivity (Wildman–Crippen MR) is 110 cm³/mol. The molecule has 0 atom stereocenters. The molecule has 0 aliphatic carbocycles. The Kier molecular flexibility index (Phi) is 7.27. The lowest BCUT2D eigenvalue weighted by atomic mass is 9.87. The van der Waals surface area contributed by atoms with Crippen LogP contribution in [0.2, 0.25) is 0 Å². The molecule has 0 aliphatic rings. The fourth-order valence-corrected chi connectivity index (χ4v) is 3.04. The summed E-state index contributed by atoms with van der Waals surface area (Å²) in [6.07, 6.45) is 1.67. The summed E-state index contributed by atoms with van der Waals surface area (Å²) in [4.78, 5) is 11.8. The van der Waals surface area contributed by atoms with Crippen molar-refractivity contribution < 1.29 is 9.53 Å². The monoisotopic (exact) mass is 370 g/mol. The van der Waals surface area contributed by atoms with Crippen molar-refractivity contribution in [1.82, 2.24) is 5.43 Å². The minimum atomic E-state index is -0.105. The summed E-state index contributed by atoms with van der Waals surface area (Å²) in [5.74, 6) is 1.87. The molecule has 5 heteroatoms. The lowest BCUT2D eigenvalue weighted by Crippen LogP contribution is -2.19. The molecule has 1 N–H and O–H groups in total. The Morgan fingerprint density at radius 3 is 2.35 bits per heavy atom. The summed E-state index contributed by atoms with van der Waals surface area (Å²) < 4.78 is 5.13. The van der Waals surface area contributed by atoms with E-state index in [0.717, 1.165) is 22.6 Å². The van der Waals surface area contributed by atoms with E-state index in [1.54, 1.807) is 25.1 Å². The third-order valence-corrected chi connectivity index (χ3v) is 4.84. The van der Waals surface area contributed by atoms with E-state index in [1.165, 1.54) is 5.56 Å². The first kappa shape index (κ1) is 20.0. The van der Waals surface area contributed by atoms with Crippen molar-refractivity contribution in [2.75, 3.05) is 12.9 Å². The third-order valence-electron chi connectivity index (χ3n) is 3.84. The van der Waals surface area contributed by atoms with Gasteiger partial charge in [0.15, 0.2) is 0 Å². The van der Waals surface area contributed by atoms with Gasteiger partial charge in [0.25, 0.3) is 0 Å². The molecule has 0 spiro atoms. The van der Waals surface area contributed by atoms with Crippen LogP contribution in [0.1, 0.15) is 37.5 Å². The number of hydrogen-bond donors (Lipinski definition) is 1.